The van der Waals surface area contributed by atoms with Gasteiger partial charge in [0.15, 0.2) is 5.65 Å². The van der Waals surface area contributed by atoms with Gasteiger partial charge in [0.05, 0.1) is 29.3 Å². The first-order valence-electron chi connectivity index (χ1n) is 10.7. The summed E-state index contributed by atoms with van der Waals surface area (Å²) in [7, 11) is 0. The summed E-state index contributed by atoms with van der Waals surface area (Å²) >= 11 is 1.67. The number of aromatic nitrogens is 5. The maximum Gasteiger partial charge on any atom is 0.211 e. The number of nitrogens with zero attached hydrogens (tertiary/aromatic N) is 6. The van der Waals surface area contributed by atoms with E-state index < -0.39 is 0 Å². The number of anilines is 1. The molecule has 0 bridgehead atoms. The van der Waals surface area contributed by atoms with Crippen molar-refractivity contribution >= 4 is 28.9 Å². The van der Waals surface area contributed by atoms with E-state index in [1.54, 1.807) is 11.8 Å². The monoisotopic (exact) mass is 435 g/mol. The predicted molar refractivity (Wildman–Crippen MR) is 120 cm³/mol. The molecule has 31 heavy (non-hydrogen) atoms. The molecule has 2 N–H and O–H groups in total. The molecule has 1 spiro atoms. The Balaban J connectivity index is 1.29. The molecule has 0 aliphatic carbocycles. The Kier molecular flexibility index (Phi) is 4.45. The molecule has 0 saturated carbocycles. The van der Waals surface area contributed by atoms with Crippen LogP contribution in [0.1, 0.15) is 19.8 Å². The Hall–Kier alpha value is -2.62. The van der Waals surface area contributed by atoms with Gasteiger partial charge in [-0.2, -0.15) is 5.10 Å². The van der Waals surface area contributed by atoms with Crippen LogP contribution in [0.15, 0.2) is 59.0 Å². The second-order valence-corrected chi connectivity index (χ2v) is 9.65. The Morgan fingerprint density at radius 1 is 1.13 bits per heavy atom. The zero-order valence-corrected chi connectivity index (χ0v) is 18.2. The summed E-state index contributed by atoms with van der Waals surface area (Å²) in [4.78, 5) is 14.0. The molecule has 9 heteroatoms. The minimum Gasteiger partial charge on any atom is -0.376 e. The number of rotatable bonds is 3. The van der Waals surface area contributed by atoms with E-state index in [-0.39, 0.29) is 17.6 Å². The number of hydrogen-bond acceptors (Lipinski definition) is 7. The van der Waals surface area contributed by atoms with Crippen LogP contribution < -0.4 is 10.6 Å². The fourth-order valence-corrected chi connectivity index (χ4v) is 5.94. The molecule has 2 fully saturated rings. The van der Waals surface area contributed by atoms with Crippen LogP contribution in [0.2, 0.25) is 0 Å². The lowest BCUT2D eigenvalue weighted by Gasteiger charge is -2.41. The normalized spacial score (nSPS) is 23.4. The highest BCUT2D eigenvalue weighted by Crippen LogP contribution is 2.42. The van der Waals surface area contributed by atoms with Gasteiger partial charge in [-0.1, -0.05) is 11.8 Å². The van der Waals surface area contributed by atoms with E-state index in [0.717, 1.165) is 59.4 Å². The van der Waals surface area contributed by atoms with Crippen molar-refractivity contribution in [1.29, 1.82) is 0 Å². The molecule has 2 atom stereocenters. The topological polar surface area (TPSA) is 86.0 Å². The van der Waals surface area contributed by atoms with Gasteiger partial charge in [0.25, 0.3) is 0 Å². The van der Waals surface area contributed by atoms with Crippen molar-refractivity contribution in [2.24, 2.45) is 11.1 Å². The van der Waals surface area contributed by atoms with Gasteiger partial charge < -0.3 is 15.4 Å². The van der Waals surface area contributed by atoms with Crippen LogP contribution in [0, 0.1) is 5.41 Å². The maximum absolute atomic E-state index is 6.49. The van der Waals surface area contributed by atoms with Gasteiger partial charge in [-0.05, 0) is 38.0 Å². The van der Waals surface area contributed by atoms with Gasteiger partial charge in [-0.15, -0.1) is 0 Å². The number of nitrogens with two attached hydrogens (primary N) is 1. The summed E-state index contributed by atoms with van der Waals surface area (Å²) in [6.45, 7) is 4.70. The Morgan fingerprint density at radius 2 is 2.00 bits per heavy atom. The van der Waals surface area contributed by atoms with Crippen molar-refractivity contribution < 1.29 is 4.74 Å². The van der Waals surface area contributed by atoms with Crippen LogP contribution in [0.25, 0.3) is 11.2 Å². The second-order valence-electron chi connectivity index (χ2n) is 8.57. The highest BCUT2D eigenvalue weighted by molar-refractivity contribution is 7.99. The zero-order valence-electron chi connectivity index (χ0n) is 17.4. The summed E-state index contributed by atoms with van der Waals surface area (Å²) in [6.07, 6.45) is 11.7. The number of hydrogen-bond donors (Lipinski definition) is 1. The van der Waals surface area contributed by atoms with Crippen molar-refractivity contribution in [3.05, 3.63) is 49.2 Å². The molecular weight excluding hydrogens is 410 g/mol. The van der Waals surface area contributed by atoms with Crippen molar-refractivity contribution in [3.8, 4) is 0 Å². The highest BCUT2D eigenvalue weighted by Gasteiger charge is 2.47. The summed E-state index contributed by atoms with van der Waals surface area (Å²) in [6, 6.07) is 6.25. The molecule has 4 aromatic rings. The number of imidazole rings is 1. The Morgan fingerprint density at radius 3 is 2.81 bits per heavy atom. The molecule has 6 heterocycles. The van der Waals surface area contributed by atoms with Gasteiger partial charge in [0.1, 0.15) is 0 Å². The van der Waals surface area contributed by atoms with Crippen molar-refractivity contribution in [2.75, 3.05) is 24.6 Å². The van der Waals surface area contributed by atoms with Gasteiger partial charge in [-0.3, -0.25) is 4.40 Å². The number of piperidine rings is 1. The minimum atomic E-state index is 0.101. The van der Waals surface area contributed by atoms with Crippen LogP contribution >= 0.6 is 11.8 Å². The first-order chi connectivity index (χ1) is 15.1. The predicted octanol–water partition coefficient (Wildman–Crippen LogP) is 2.86. The van der Waals surface area contributed by atoms with Crippen LogP contribution in [0.5, 0.6) is 0 Å². The second kappa shape index (κ2) is 7.22. The van der Waals surface area contributed by atoms with Crippen LogP contribution in [0.4, 0.5) is 5.95 Å². The quantitative estimate of drug-likeness (QED) is 0.530. The first-order valence-corrected chi connectivity index (χ1v) is 11.5. The number of ether oxygens (including phenoxy) is 1. The third kappa shape index (κ3) is 3.02. The molecule has 2 saturated heterocycles. The fourth-order valence-electron chi connectivity index (χ4n) is 4.94. The molecule has 0 radical (unpaired) electrons. The summed E-state index contributed by atoms with van der Waals surface area (Å²) in [5.74, 6) is 0.940. The highest BCUT2D eigenvalue weighted by atomic mass is 32.2. The molecule has 0 unspecified atom stereocenters. The Labute approximate surface area is 184 Å². The lowest BCUT2D eigenvalue weighted by Crippen LogP contribution is -2.51. The smallest absolute Gasteiger partial charge is 0.211 e. The summed E-state index contributed by atoms with van der Waals surface area (Å²) in [5, 5.41) is 4.33. The fraction of sp³-hybridized carbons (Fsp3) is 0.409. The van der Waals surface area contributed by atoms with Crippen LogP contribution in [0.3, 0.4) is 0 Å². The molecule has 2 aliphatic rings. The van der Waals surface area contributed by atoms with E-state index in [4.69, 9.17) is 15.5 Å². The van der Waals surface area contributed by atoms with Crippen molar-refractivity contribution in [2.45, 2.75) is 41.7 Å². The van der Waals surface area contributed by atoms with E-state index in [9.17, 15) is 0 Å². The minimum absolute atomic E-state index is 0.101. The van der Waals surface area contributed by atoms with Gasteiger partial charge in [0.2, 0.25) is 5.95 Å². The summed E-state index contributed by atoms with van der Waals surface area (Å²) < 4.78 is 9.86. The zero-order chi connectivity index (χ0) is 21.0. The van der Waals surface area contributed by atoms with Crippen molar-refractivity contribution in [1.82, 2.24) is 24.0 Å². The molecule has 160 valence electrons. The summed E-state index contributed by atoms with van der Waals surface area (Å²) in [5.41, 5.74) is 8.59. The van der Waals surface area contributed by atoms with Crippen LogP contribution in [-0.4, -0.2) is 55.8 Å². The average Bonchev–Trinajstić information content (AvgIpc) is 3.53. The van der Waals surface area contributed by atoms with E-state index in [2.05, 4.69) is 32.4 Å². The third-order valence-electron chi connectivity index (χ3n) is 6.88. The molecular formula is C22H25N7OS. The van der Waals surface area contributed by atoms with E-state index in [1.807, 2.05) is 47.6 Å². The Bertz CT molecular complexity index is 1240. The third-order valence-corrected chi connectivity index (χ3v) is 7.95. The van der Waals surface area contributed by atoms with Crippen molar-refractivity contribution in [3.63, 3.8) is 0 Å². The molecule has 2 aliphatic heterocycles. The van der Waals surface area contributed by atoms with Crippen LogP contribution in [-0.2, 0) is 4.74 Å². The largest absolute Gasteiger partial charge is 0.376 e. The van der Waals surface area contributed by atoms with Gasteiger partial charge in [0, 0.05) is 54.2 Å². The molecule has 4 aromatic heterocycles. The van der Waals surface area contributed by atoms with E-state index in [0.29, 0.717) is 0 Å². The average molecular weight is 436 g/mol. The standard InChI is InChI=1S/C22H25N7OS/c1-15-19(23)22(14-30-15)5-10-27(11-6-22)21-25-13-18(20-24-8-12-28(20)21)31-17-3-2-9-29-16(17)4-7-26-29/h2-4,7-9,12-13,15,19H,5-6,10-11,14,23H2,1H3/t15-,19+/m0/s1. The van der Waals surface area contributed by atoms with Gasteiger partial charge >= 0.3 is 0 Å². The van der Waals surface area contributed by atoms with Gasteiger partial charge in [-0.25, -0.2) is 14.5 Å². The molecule has 8 nitrogen and oxygen atoms in total. The first kappa shape index (κ1) is 19.1. The SMILES string of the molecule is C[C@@H]1OCC2(CCN(c3ncc(Sc4cccn5nccc45)c4nccn34)CC2)[C@@H]1N. The maximum atomic E-state index is 6.49. The molecule has 0 amide bonds. The van der Waals surface area contributed by atoms with E-state index in [1.165, 1.54) is 0 Å². The lowest BCUT2D eigenvalue weighted by atomic mass is 9.73. The van der Waals surface area contributed by atoms with E-state index >= 15 is 0 Å². The number of pyridine rings is 1. The molecule has 6 rings (SSSR count). The lowest BCUT2D eigenvalue weighted by molar-refractivity contribution is 0.0973. The number of fused-ring (bicyclic) bond motifs is 2. The molecule has 0 aromatic carbocycles.